The summed E-state index contributed by atoms with van der Waals surface area (Å²) in [6, 6.07) is 16.5. The molecule has 0 atom stereocenters. The maximum Gasteiger partial charge on any atom is 0.337 e. The van der Waals surface area contributed by atoms with Crippen LogP contribution in [0.2, 0.25) is 0 Å². The van der Waals surface area contributed by atoms with E-state index in [0.29, 0.717) is 11.6 Å². The van der Waals surface area contributed by atoms with Gasteiger partial charge in [-0.3, -0.25) is 0 Å². The van der Waals surface area contributed by atoms with Gasteiger partial charge in [0.2, 0.25) is 0 Å². The van der Waals surface area contributed by atoms with Crippen molar-refractivity contribution < 1.29 is 9.90 Å². The number of nitrogens with one attached hydrogen (secondary N) is 1. The third kappa shape index (κ3) is 4.38. The molecule has 0 aromatic heterocycles. The number of rotatable bonds is 6. The molecule has 2 aromatic rings. The van der Waals surface area contributed by atoms with Crippen LogP contribution in [0.5, 0.6) is 0 Å². The first-order valence-corrected chi connectivity index (χ1v) is 8.89. The highest BCUT2D eigenvalue weighted by atomic mass is 16.4. The molecule has 0 unspecified atom stereocenters. The number of carbonyl (C=O) groups is 1. The molecule has 1 aliphatic carbocycles. The predicted molar refractivity (Wildman–Crippen MR) is 97.7 cm³/mol. The van der Waals surface area contributed by atoms with E-state index < -0.39 is 5.97 Å². The maximum atomic E-state index is 11.5. The first kappa shape index (κ1) is 16.6. The van der Waals surface area contributed by atoms with Crippen LogP contribution in [0.1, 0.15) is 53.6 Å². The Kier molecular flexibility index (Phi) is 5.52. The molecule has 3 rings (SSSR count). The van der Waals surface area contributed by atoms with Gasteiger partial charge >= 0.3 is 5.97 Å². The van der Waals surface area contributed by atoms with Gasteiger partial charge in [-0.2, -0.15) is 0 Å². The number of aryl methyl sites for hydroxylation is 2. The summed E-state index contributed by atoms with van der Waals surface area (Å²) < 4.78 is 0. The summed E-state index contributed by atoms with van der Waals surface area (Å²) >= 11 is 0. The lowest BCUT2D eigenvalue weighted by molar-refractivity contribution is 0.0698. The van der Waals surface area contributed by atoms with E-state index in [1.807, 2.05) is 18.2 Å². The molecule has 2 N–H and O–H groups in total. The van der Waals surface area contributed by atoms with Crippen LogP contribution < -0.4 is 5.32 Å². The van der Waals surface area contributed by atoms with E-state index in [1.54, 1.807) is 6.07 Å². The van der Waals surface area contributed by atoms with Gasteiger partial charge < -0.3 is 10.4 Å². The number of hydrogen-bond donors (Lipinski definition) is 2. The van der Waals surface area contributed by atoms with E-state index in [4.69, 9.17) is 0 Å². The smallest absolute Gasteiger partial charge is 0.337 e. The van der Waals surface area contributed by atoms with E-state index in [-0.39, 0.29) is 0 Å². The van der Waals surface area contributed by atoms with Gasteiger partial charge in [-0.05, 0) is 48.9 Å². The molecule has 0 saturated heterocycles. The number of anilines is 1. The first-order valence-electron chi connectivity index (χ1n) is 8.89. The standard InChI is InChI=1S/C21H25NO2/c23-21(24)19-14-13-17(12-11-16-7-3-1-4-8-16)15-20(19)22-18-9-5-2-6-10-18/h1,3-4,7-8,13-15,18,22H,2,5-6,9-12H2,(H,23,24). The van der Waals surface area contributed by atoms with E-state index in [2.05, 4.69) is 29.6 Å². The Morgan fingerprint density at radius 1 is 0.958 bits per heavy atom. The summed E-state index contributed by atoms with van der Waals surface area (Å²) in [6.45, 7) is 0. The average molecular weight is 323 g/mol. The largest absolute Gasteiger partial charge is 0.478 e. The van der Waals surface area contributed by atoms with Crippen molar-refractivity contribution in [1.29, 1.82) is 0 Å². The Bertz CT molecular complexity index is 675. The van der Waals surface area contributed by atoms with Gasteiger partial charge in [0.1, 0.15) is 0 Å². The fourth-order valence-electron chi connectivity index (χ4n) is 3.45. The van der Waals surface area contributed by atoms with E-state index >= 15 is 0 Å². The lowest BCUT2D eigenvalue weighted by Gasteiger charge is -2.25. The zero-order valence-corrected chi connectivity index (χ0v) is 14.0. The van der Waals surface area contributed by atoms with Gasteiger partial charge in [-0.15, -0.1) is 0 Å². The lowest BCUT2D eigenvalue weighted by Crippen LogP contribution is -2.23. The fraction of sp³-hybridized carbons (Fsp3) is 0.381. The predicted octanol–water partition coefficient (Wildman–Crippen LogP) is 4.91. The molecule has 1 aliphatic rings. The van der Waals surface area contributed by atoms with Crippen LogP contribution in [0, 0.1) is 0 Å². The third-order valence-corrected chi connectivity index (χ3v) is 4.82. The Labute approximate surface area is 143 Å². The summed E-state index contributed by atoms with van der Waals surface area (Å²) in [7, 11) is 0. The number of benzene rings is 2. The minimum absolute atomic E-state index is 0.379. The molecule has 0 spiro atoms. The minimum atomic E-state index is -0.858. The molecule has 1 fully saturated rings. The highest BCUT2D eigenvalue weighted by Gasteiger charge is 2.17. The van der Waals surface area contributed by atoms with Crippen molar-refractivity contribution in [3.05, 3.63) is 65.2 Å². The summed E-state index contributed by atoms with van der Waals surface area (Å²) in [5.74, 6) is -0.858. The van der Waals surface area contributed by atoms with E-state index in [0.717, 1.165) is 31.4 Å². The average Bonchev–Trinajstić information content (AvgIpc) is 2.62. The second-order valence-corrected chi connectivity index (χ2v) is 6.65. The second-order valence-electron chi connectivity index (χ2n) is 6.65. The Morgan fingerprint density at radius 3 is 2.38 bits per heavy atom. The molecule has 0 radical (unpaired) electrons. The molecule has 126 valence electrons. The van der Waals surface area contributed by atoms with Gasteiger partial charge in [-0.1, -0.05) is 55.7 Å². The van der Waals surface area contributed by atoms with Crippen molar-refractivity contribution in [3.8, 4) is 0 Å². The zero-order chi connectivity index (χ0) is 16.8. The van der Waals surface area contributed by atoms with Crippen LogP contribution in [-0.2, 0) is 12.8 Å². The molecule has 0 amide bonds. The van der Waals surface area contributed by atoms with E-state index in [9.17, 15) is 9.90 Å². The van der Waals surface area contributed by atoms with Crippen molar-refractivity contribution in [2.24, 2.45) is 0 Å². The van der Waals surface area contributed by atoms with Crippen LogP contribution in [0.15, 0.2) is 48.5 Å². The molecule has 3 heteroatoms. The van der Waals surface area contributed by atoms with Crippen molar-refractivity contribution in [2.45, 2.75) is 51.0 Å². The lowest BCUT2D eigenvalue weighted by atomic mass is 9.94. The monoisotopic (exact) mass is 323 g/mol. The minimum Gasteiger partial charge on any atom is -0.478 e. The molecule has 0 heterocycles. The van der Waals surface area contributed by atoms with Gasteiger partial charge in [0.15, 0.2) is 0 Å². The number of carboxylic acids is 1. The van der Waals surface area contributed by atoms with Crippen LogP contribution in [-0.4, -0.2) is 17.1 Å². The molecule has 0 aliphatic heterocycles. The van der Waals surface area contributed by atoms with Gasteiger partial charge in [0, 0.05) is 11.7 Å². The Balaban J connectivity index is 1.73. The summed E-state index contributed by atoms with van der Waals surface area (Å²) in [4.78, 5) is 11.5. The molecule has 0 bridgehead atoms. The summed E-state index contributed by atoms with van der Waals surface area (Å²) in [5, 5.41) is 12.9. The topological polar surface area (TPSA) is 49.3 Å². The van der Waals surface area contributed by atoms with Gasteiger partial charge in [-0.25, -0.2) is 4.79 Å². The van der Waals surface area contributed by atoms with Gasteiger partial charge in [0.05, 0.1) is 5.56 Å². The quantitative estimate of drug-likeness (QED) is 0.793. The third-order valence-electron chi connectivity index (χ3n) is 4.82. The Hall–Kier alpha value is -2.29. The molecule has 2 aromatic carbocycles. The van der Waals surface area contributed by atoms with Crippen LogP contribution in [0.4, 0.5) is 5.69 Å². The maximum absolute atomic E-state index is 11.5. The van der Waals surface area contributed by atoms with Crippen molar-refractivity contribution in [3.63, 3.8) is 0 Å². The fourth-order valence-corrected chi connectivity index (χ4v) is 3.45. The van der Waals surface area contributed by atoms with Crippen molar-refractivity contribution in [1.82, 2.24) is 0 Å². The molecule has 3 nitrogen and oxygen atoms in total. The zero-order valence-electron chi connectivity index (χ0n) is 14.0. The molecule has 24 heavy (non-hydrogen) atoms. The second kappa shape index (κ2) is 8.00. The number of hydrogen-bond acceptors (Lipinski definition) is 2. The molecule has 1 saturated carbocycles. The summed E-state index contributed by atoms with van der Waals surface area (Å²) in [5.41, 5.74) is 3.65. The first-order chi connectivity index (χ1) is 11.7. The van der Waals surface area contributed by atoms with Crippen molar-refractivity contribution in [2.75, 3.05) is 5.32 Å². The SMILES string of the molecule is O=C(O)c1ccc(CCc2ccccc2)cc1NC1CCCCC1. The van der Waals surface area contributed by atoms with Crippen LogP contribution in [0.25, 0.3) is 0 Å². The molecular weight excluding hydrogens is 298 g/mol. The number of aromatic carboxylic acids is 1. The Morgan fingerprint density at radius 2 is 1.67 bits per heavy atom. The highest BCUT2D eigenvalue weighted by molar-refractivity contribution is 5.94. The highest BCUT2D eigenvalue weighted by Crippen LogP contribution is 2.25. The van der Waals surface area contributed by atoms with Crippen LogP contribution in [0.3, 0.4) is 0 Å². The normalized spacial score (nSPS) is 15.2. The van der Waals surface area contributed by atoms with Crippen molar-refractivity contribution >= 4 is 11.7 Å². The number of carboxylic acid groups (broad SMARTS) is 1. The van der Waals surface area contributed by atoms with Crippen LogP contribution >= 0.6 is 0 Å². The summed E-state index contributed by atoms with van der Waals surface area (Å²) in [6.07, 6.45) is 7.91. The van der Waals surface area contributed by atoms with E-state index in [1.165, 1.54) is 30.4 Å². The van der Waals surface area contributed by atoms with Gasteiger partial charge in [0.25, 0.3) is 0 Å². The molecular formula is C21H25NO2.